The van der Waals surface area contributed by atoms with Crippen LogP contribution in [0.3, 0.4) is 0 Å². The Kier molecular flexibility index (Phi) is 3.91. The molecule has 8 nitrogen and oxygen atoms in total. The summed E-state index contributed by atoms with van der Waals surface area (Å²) in [6.07, 6.45) is 10.4. The Balaban J connectivity index is 1.63. The topological polar surface area (TPSA) is 97.2 Å². The minimum absolute atomic E-state index is 0.0940. The van der Waals surface area contributed by atoms with Crippen molar-refractivity contribution in [1.82, 2.24) is 34.5 Å². The molecule has 0 saturated heterocycles. The van der Waals surface area contributed by atoms with Gasteiger partial charge < -0.3 is 10.3 Å². The van der Waals surface area contributed by atoms with E-state index in [4.69, 9.17) is 11.6 Å². The summed E-state index contributed by atoms with van der Waals surface area (Å²) in [6, 6.07) is 5.58. The van der Waals surface area contributed by atoms with Gasteiger partial charge in [0, 0.05) is 29.5 Å². The van der Waals surface area contributed by atoms with Gasteiger partial charge in [-0.2, -0.15) is 0 Å². The average Bonchev–Trinajstić information content (AvgIpc) is 3.35. The van der Waals surface area contributed by atoms with Crippen molar-refractivity contribution >= 4 is 39.6 Å². The zero-order chi connectivity index (χ0) is 19.1. The van der Waals surface area contributed by atoms with Gasteiger partial charge >= 0.3 is 0 Å². The molecule has 5 heterocycles. The molecule has 0 aliphatic rings. The number of hydrogen-bond donors (Lipinski definition) is 2. The third kappa shape index (κ3) is 2.66. The molecule has 0 aliphatic carbocycles. The van der Waals surface area contributed by atoms with Gasteiger partial charge in [0.25, 0.3) is 0 Å². The van der Waals surface area contributed by atoms with Crippen molar-refractivity contribution in [1.29, 1.82) is 0 Å². The molecule has 138 valence electrons. The molecule has 0 spiro atoms. The first kappa shape index (κ1) is 16.6. The van der Waals surface area contributed by atoms with Crippen molar-refractivity contribution in [2.24, 2.45) is 0 Å². The second-order valence-electron chi connectivity index (χ2n) is 6.35. The molecular formula is C19H15ClN8. The summed E-state index contributed by atoms with van der Waals surface area (Å²) in [6.45, 7) is 2.05. The van der Waals surface area contributed by atoms with Crippen LogP contribution in [0.4, 0.5) is 5.82 Å². The number of H-pyrrole nitrogens is 1. The van der Waals surface area contributed by atoms with Crippen molar-refractivity contribution in [3.63, 3.8) is 0 Å². The molecule has 1 unspecified atom stereocenters. The molecule has 0 amide bonds. The van der Waals surface area contributed by atoms with Crippen LogP contribution in [0, 0.1) is 0 Å². The largest absolute Gasteiger partial charge is 0.362 e. The molecule has 2 N–H and O–H groups in total. The van der Waals surface area contributed by atoms with E-state index in [1.807, 2.05) is 22.9 Å². The summed E-state index contributed by atoms with van der Waals surface area (Å²) < 4.78 is 1.99. The van der Waals surface area contributed by atoms with Crippen LogP contribution >= 0.6 is 11.6 Å². The number of nitrogens with one attached hydrogen (secondary N) is 2. The summed E-state index contributed by atoms with van der Waals surface area (Å²) >= 11 is 6.55. The highest BCUT2D eigenvalue weighted by Gasteiger charge is 2.20. The molecule has 0 bridgehead atoms. The Morgan fingerprint density at radius 2 is 2.07 bits per heavy atom. The summed E-state index contributed by atoms with van der Waals surface area (Å²) in [5.74, 6) is 0.678. The molecular weight excluding hydrogens is 376 g/mol. The summed E-state index contributed by atoms with van der Waals surface area (Å²) in [5.41, 5.74) is 4.07. The monoisotopic (exact) mass is 390 g/mol. The predicted molar refractivity (Wildman–Crippen MR) is 108 cm³/mol. The normalized spacial score (nSPS) is 12.5. The number of nitrogens with zero attached hydrogens (tertiary/aromatic N) is 6. The molecule has 5 aromatic heterocycles. The zero-order valence-electron chi connectivity index (χ0n) is 14.8. The van der Waals surface area contributed by atoms with Crippen molar-refractivity contribution in [3.05, 3.63) is 66.2 Å². The maximum Gasteiger partial charge on any atom is 0.182 e. The Morgan fingerprint density at radius 3 is 2.93 bits per heavy atom. The lowest BCUT2D eigenvalue weighted by molar-refractivity contribution is 0.877. The second kappa shape index (κ2) is 6.58. The van der Waals surface area contributed by atoms with Crippen LogP contribution in [-0.4, -0.2) is 34.5 Å². The summed E-state index contributed by atoms with van der Waals surface area (Å²) in [5, 5.41) is 4.97. The highest BCUT2D eigenvalue weighted by molar-refractivity contribution is 6.35. The molecule has 0 aliphatic heterocycles. The average molecular weight is 391 g/mol. The maximum absolute atomic E-state index is 6.55. The van der Waals surface area contributed by atoms with Crippen LogP contribution in [0.2, 0.25) is 5.02 Å². The first-order valence-corrected chi connectivity index (χ1v) is 9.06. The summed E-state index contributed by atoms with van der Waals surface area (Å²) in [4.78, 5) is 24.5. The van der Waals surface area contributed by atoms with Gasteiger partial charge in [-0.15, -0.1) is 0 Å². The van der Waals surface area contributed by atoms with E-state index in [0.29, 0.717) is 16.5 Å². The quantitative estimate of drug-likeness (QED) is 0.482. The van der Waals surface area contributed by atoms with Crippen LogP contribution in [0.5, 0.6) is 0 Å². The van der Waals surface area contributed by atoms with E-state index in [-0.39, 0.29) is 6.04 Å². The number of hydrogen-bond acceptors (Lipinski definition) is 6. The lowest BCUT2D eigenvalue weighted by atomic mass is 10.1. The smallest absolute Gasteiger partial charge is 0.182 e. The second-order valence-corrected chi connectivity index (χ2v) is 6.75. The number of rotatable bonds is 4. The molecule has 0 saturated carbocycles. The van der Waals surface area contributed by atoms with E-state index in [9.17, 15) is 0 Å². The lowest BCUT2D eigenvalue weighted by Crippen LogP contribution is -2.08. The number of aromatic amines is 1. The fourth-order valence-corrected chi connectivity index (χ4v) is 3.57. The first-order valence-electron chi connectivity index (χ1n) is 8.69. The molecule has 0 radical (unpaired) electrons. The Labute approximate surface area is 164 Å². The Morgan fingerprint density at radius 1 is 1.14 bits per heavy atom. The van der Waals surface area contributed by atoms with E-state index < -0.39 is 0 Å². The van der Waals surface area contributed by atoms with E-state index in [2.05, 4.69) is 42.1 Å². The number of pyridine rings is 2. The Bertz CT molecular complexity index is 1280. The van der Waals surface area contributed by atoms with Gasteiger partial charge in [-0.1, -0.05) is 11.6 Å². The van der Waals surface area contributed by atoms with E-state index in [1.165, 1.54) is 6.33 Å². The molecule has 0 aromatic carbocycles. The van der Waals surface area contributed by atoms with Crippen molar-refractivity contribution < 1.29 is 0 Å². The van der Waals surface area contributed by atoms with E-state index in [1.54, 1.807) is 31.0 Å². The van der Waals surface area contributed by atoms with Gasteiger partial charge in [-0.05, 0) is 25.1 Å². The van der Waals surface area contributed by atoms with Crippen molar-refractivity contribution in [3.8, 4) is 5.69 Å². The fourth-order valence-electron chi connectivity index (χ4n) is 3.32. The minimum Gasteiger partial charge on any atom is -0.362 e. The first-order chi connectivity index (χ1) is 13.7. The molecule has 5 rings (SSSR count). The number of imidazole rings is 1. The number of aromatic nitrogens is 7. The van der Waals surface area contributed by atoms with Gasteiger partial charge in [0.15, 0.2) is 11.5 Å². The van der Waals surface area contributed by atoms with Gasteiger partial charge in [-0.3, -0.25) is 9.55 Å². The lowest BCUT2D eigenvalue weighted by Gasteiger charge is -2.14. The molecule has 9 heteroatoms. The highest BCUT2D eigenvalue weighted by atomic mass is 35.5. The van der Waals surface area contributed by atoms with Crippen LogP contribution in [-0.2, 0) is 0 Å². The number of fused-ring (bicyclic) bond motifs is 2. The summed E-state index contributed by atoms with van der Waals surface area (Å²) in [7, 11) is 0. The minimum atomic E-state index is -0.0940. The van der Waals surface area contributed by atoms with E-state index >= 15 is 0 Å². The SMILES string of the molecule is CC(Nc1ncnc2nc[nH]c12)c1cn(-c2cccnc2)c2nccc(Cl)c12. The third-order valence-corrected chi connectivity index (χ3v) is 4.95. The molecule has 1 atom stereocenters. The highest BCUT2D eigenvalue weighted by Crippen LogP contribution is 2.34. The van der Waals surface area contributed by atoms with Gasteiger partial charge in [-0.25, -0.2) is 19.9 Å². The Hall–Kier alpha value is -3.52. The standard InChI is InChI=1S/C19H15ClN8/c1-11(27-18-16-17(24-9-23-16)25-10-26-18)13-8-28(12-3-2-5-21-7-12)19-15(13)14(20)4-6-22-19/h2-11H,1H3,(H2,23,24,25,26,27). The fraction of sp³-hybridized carbons (Fsp3) is 0.105. The van der Waals surface area contributed by atoms with Crippen molar-refractivity contribution in [2.75, 3.05) is 5.32 Å². The van der Waals surface area contributed by atoms with Crippen molar-refractivity contribution in [2.45, 2.75) is 13.0 Å². The molecule has 28 heavy (non-hydrogen) atoms. The van der Waals surface area contributed by atoms with Crippen LogP contribution in [0.15, 0.2) is 55.6 Å². The number of anilines is 1. The van der Waals surface area contributed by atoms with Crippen LogP contribution in [0.25, 0.3) is 27.9 Å². The zero-order valence-corrected chi connectivity index (χ0v) is 15.6. The maximum atomic E-state index is 6.55. The molecule has 0 fully saturated rings. The van der Waals surface area contributed by atoms with Gasteiger partial charge in [0.05, 0.1) is 29.3 Å². The van der Waals surface area contributed by atoms with Gasteiger partial charge in [0.1, 0.15) is 17.5 Å². The van der Waals surface area contributed by atoms with Crippen LogP contribution in [0.1, 0.15) is 18.5 Å². The van der Waals surface area contributed by atoms with Gasteiger partial charge in [0.2, 0.25) is 0 Å². The number of halogens is 1. The third-order valence-electron chi connectivity index (χ3n) is 4.63. The predicted octanol–water partition coefficient (Wildman–Crippen LogP) is 3.91. The van der Waals surface area contributed by atoms with E-state index in [0.717, 1.165) is 27.8 Å². The van der Waals surface area contributed by atoms with Crippen LogP contribution < -0.4 is 5.32 Å². The molecule has 5 aromatic rings.